The highest BCUT2D eigenvalue weighted by Gasteiger charge is 2.11. The van der Waals surface area contributed by atoms with Gasteiger partial charge in [-0.1, -0.05) is 45.0 Å². The molecule has 3 nitrogen and oxygen atoms in total. The SMILES string of the molecule is CCc1ccc(C(CC)NCc2cn(C)nc2CC)cc1. The average molecular weight is 285 g/mol. The second-order valence-electron chi connectivity index (χ2n) is 5.57. The minimum atomic E-state index is 0.404. The molecule has 1 aromatic heterocycles. The lowest BCUT2D eigenvalue weighted by molar-refractivity contribution is 0.517. The molecule has 114 valence electrons. The summed E-state index contributed by atoms with van der Waals surface area (Å²) in [6.45, 7) is 7.46. The van der Waals surface area contributed by atoms with Crippen LogP contribution in [0.4, 0.5) is 0 Å². The minimum absolute atomic E-state index is 0.404. The van der Waals surface area contributed by atoms with Crippen LogP contribution in [0.15, 0.2) is 30.5 Å². The van der Waals surface area contributed by atoms with Crippen molar-refractivity contribution in [2.75, 3.05) is 0 Å². The lowest BCUT2D eigenvalue weighted by Crippen LogP contribution is -2.20. The van der Waals surface area contributed by atoms with Crippen LogP contribution in [0.2, 0.25) is 0 Å². The van der Waals surface area contributed by atoms with Crippen molar-refractivity contribution in [1.82, 2.24) is 15.1 Å². The summed E-state index contributed by atoms with van der Waals surface area (Å²) in [7, 11) is 1.99. The molecule has 3 heteroatoms. The molecular formula is C18H27N3. The smallest absolute Gasteiger partial charge is 0.0666 e. The first kappa shape index (κ1) is 15.8. The standard InChI is InChI=1S/C18H27N3/c1-5-14-8-10-15(11-9-14)17(6-2)19-12-16-13-21(4)20-18(16)7-3/h8-11,13,17,19H,5-7,12H2,1-4H3. The van der Waals surface area contributed by atoms with Crippen LogP contribution in [0.5, 0.6) is 0 Å². The van der Waals surface area contributed by atoms with Crippen LogP contribution >= 0.6 is 0 Å². The Labute approximate surface area is 128 Å². The van der Waals surface area contributed by atoms with Crippen molar-refractivity contribution >= 4 is 0 Å². The van der Waals surface area contributed by atoms with Gasteiger partial charge in [0.05, 0.1) is 5.69 Å². The van der Waals surface area contributed by atoms with Crippen LogP contribution in [-0.2, 0) is 26.4 Å². The van der Waals surface area contributed by atoms with Crippen molar-refractivity contribution in [2.24, 2.45) is 7.05 Å². The lowest BCUT2D eigenvalue weighted by Gasteiger charge is -2.18. The fourth-order valence-electron chi connectivity index (χ4n) is 2.75. The van der Waals surface area contributed by atoms with Crippen molar-refractivity contribution in [3.8, 4) is 0 Å². The minimum Gasteiger partial charge on any atom is -0.306 e. The van der Waals surface area contributed by atoms with E-state index in [1.54, 1.807) is 0 Å². The molecule has 0 spiro atoms. The summed E-state index contributed by atoms with van der Waals surface area (Å²) >= 11 is 0. The molecule has 21 heavy (non-hydrogen) atoms. The third-order valence-electron chi connectivity index (χ3n) is 4.06. The number of hydrogen-bond donors (Lipinski definition) is 1. The van der Waals surface area contributed by atoms with Crippen molar-refractivity contribution in [3.63, 3.8) is 0 Å². The Bertz CT molecular complexity index is 554. The number of nitrogens with one attached hydrogen (secondary N) is 1. The Balaban J connectivity index is 2.04. The molecule has 0 radical (unpaired) electrons. The number of aromatic nitrogens is 2. The first-order valence-corrected chi connectivity index (χ1v) is 8.01. The van der Waals surface area contributed by atoms with E-state index in [0.29, 0.717) is 6.04 Å². The molecule has 2 rings (SSSR count). The lowest BCUT2D eigenvalue weighted by atomic mass is 10.0. The molecule has 1 atom stereocenters. The van der Waals surface area contributed by atoms with Crippen LogP contribution in [0.1, 0.15) is 55.6 Å². The highest BCUT2D eigenvalue weighted by Crippen LogP contribution is 2.19. The van der Waals surface area contributed by atoms with E-state index in [-0.39, 0.29) is 0 Å². The van der Waals surface area contributed by atoms with Crippen molar-refractivity contribution in [2.45, 2.75) is 52.6 Å². The number of hydrogen-bond acceptors (Lipinski definition) is 2. The Morgan fingerprint density at radius 1 is 1.10 bits per heavy atom. The zero-order valence-electron chi connectivity index (χ0n) is 13.7. The second-order valence-corrected chi connectivity index (χ2v) is 5.57. The maximum absolute atomic E-state index is 4.50. The van der Waals surface area contributed by atoms with Crippen LogP contribution in [0.3, 0.4) is 0 Å². The highest BCUT2D eigenvalue weighted by molar-refractivity contribution is 5.25. The fourth-order valence-corrected chi connectivity index (χ4v) is 2.75. The fraction of sp³-hybridized carbons (Fsp3) is 0.500. The Morgan fingerprint density at radius 2 is 1.81 bits per heavy atom. The Kier molecular flexibility index (Phi) is 5.57. The van der Waals surface area contributed by atoms with E-state index in [2.05, 4.69) is 61.6 Å². The molecule has 0 saturated carbocycles. The normalized spacial score (nSPS) is 12.6. The summed E-state index contributed by atoms with van der Waals surface area (Å²) in [5.74, 6) is 0. The molecule has 1 aromatic carbocycles. The van der Waals surface area contributed by atoms with Gasteiger partial charge < -0.3 is 5.32 Å². The molecule has 1 N–H and O–H groups in total. The van der Waals surface area contributed by atoms with Gasteiger partial charge in [0.25, 0.3) is 0 Å². The van der Waals surface area contributed by atoms with Crippen LogP contribution in [-0.4, -0.2) is 9.78 Å². The summed E-state index contributed by atoms with van der Waals surface area (Å²) in [6, 6.07) is 9.39. The third-order valence-corrected chi connectivity index (χ3v) is 4.06. The van der Waals surface area contributed by atoms with Crippen LogP contribution < -0.4 is 5.32 Å². The molecule has 2 aromatic rings. The molecule has 0 saturated heterocycles. The topological polar surface area (TPSA) is 29.9 Å². The molecule has 0 fully saturated rings. The number of aryl methyl sites for hydroxylation is 3. The number of benzene rings is 1. The summed E-state index contributed by atoms with van der Waals surface area (Å²) in [5, 5.41) is 8.18. The van der Waals surface area contributed by atoms with Crippen molar-refractivity contribution in [1.29, 1.82) is 0 Å². The van der Waals surface area contributed by atoms with E-state index in [1.165, 1.54) is 22.4 Å². The predicted molar refractivity (Wildman–Crippen MR) is 88.3 cm³/mol. The van der Waals surface area contributed by atoms with E-state index >= 15 is 0 Å². The number of rotatable bonds is 7. The predicted octanol–water partition coefficient (Wildman–Crippen LogP) is 3.79. The van der Waals surface area contributed by atoms with E-state index in [0.717, 1.165) is 25.8 Å². The van der Waals surface area contributed by atoms with Crippen LogP contribution in [0, 0.1) is 0 Å². The van der Waals surface area contributed by atoms with Gasteiger partial charge in [0.2, 0.25) is 0 Å². The van der Waals surface area contributed by atoms with Crippen molar-refractivity contribution < 1.29 is 0 Å². The van der Waals surface area contributed by atoms with Gasteiger partial charge in [-0.05, 0) is 30.4 Å². The van der Waals surface area contributed by atoms with Gasteiger partial charge in [-0.15, -0.1) is 0 Å². The molecule has 1 unspecified atom stereocenters. The molecule has 0 bridgehead atoms. The first-order valence-electron chi connectivity index (χ1n) is 8.01. The average Bonchev–Trinajstić information content (AvgIpc) is 2.88. The van der Waals surface area contributed by atoms with E-state index in [4.69, 9.17) is 0 Å². The van der Waals surface area contributed by atoms with Crippen LogP contribution in [0.25, 0.3) is 0 Å². The zero-order valence-corrected chi connectivity index (χ0v) is 13.7. The van der Waals surface area contributed by atoms with Gasteiger partial charge in [0, 0.05) is 31.4 Å². The summed E-state index contributed by atoms with van der Waals surface area (Å²) in [5.41, 5.74) is 5.27. The Morgan fingerprint density at radius 3 is 2.38 bits per heavy atom. The quantitative estimate of drug-likeness (QED) is 0.839. The van der Waals surface area contributed by atoms with Gasteiger partial charge >= 0.3 is 0 Å². The van der Waals surface area contributed by atoms with E-state index < -0.39 is 0 Å². The summed E-state index contributed by atoms with van der Waals surface area (Å²) < 4.78 is 1.91. The largest absolute Gasteiger partial charge is 0.306 e. The van der Waals surface area contributed by atoms with Crippen molar-refractivity contribution in [3.05, 3.63) is 52.8 Å². The molecule has 1 heterocycles. The summed E-state index contributed by atoms with van der Waals surface area (Å²) in [6.07, 6.45) is 5.30. The molecule has 0 aliphatic heterocycles. The van der Waals surface area contributed by atoms with Gasteiger partial charge in [-0.2, -0.15) is 5.10 Å². The molecule has 0 aliphatic rings. The second kappa shape index (κ2) is 7.41. The van der Waals surface area contributed by atoms with Gasteiger partial charge in [0.1, 0.15) is 0 Å². The van der Waals surface area contributed by atoms with Gasteiger partial charge in [-0.3, -0.25) is 4.68 Å². The maximum atomic E-state index is 4.50. The van der Waals surface area contributed by atoms with E-state index in [9.17, 15) is 0 Å². The maximum Gasteiger partial charge on any atom is 0.0666 e. The van der Waals surface area contributed by atoms with E-state index in [1.807, 2.05) is 11.7 Å². The summed E-state index contributed by atoms with van der Waals surface area (Å²) in [4.78, 5) is 0. The molecule has 0 amide bonds. The highest BCUT2D eigenvalue weighted by atomic mass is 15.3. The number of nitrogens with zero attached hydrogens (tertiary/aromatic N) is 2. The Hall–Kier alpha value is -1.61. The first-order chi connectivity index (χ1) is 10.2. The molecular weight excluding hydrogens is 258 g/mol. The monoisotopic (exact) mass is 285 g/mol. The zero-order chi connectivity index (χ0) is 15.2. The third kappa shape index (κ3) is 3.94. The van der Waals surface area contributed by atoms with Gasteiger partial charge in [-0.25, -0.2) is 0 Å². The molecule has 0 aliphatic carbocycles. The van der Waals surface area contributed by atoms with Gasteiger partial charge in [0.15, 0.2) is 0 Å².